The Morgan fingerprint density at radius 3 is 2.54 bits per heavy atom. The van der Waals surface area contributed by atoms with E-state index in [1.165, 1.54) is 11.1 Å². The first-order chi connectivity index (χ1) is 11.6. The summed E-state index contributed by atoms with van der Waals surface area (Å²) in [5, 5.41) is 3.41. The lowest BCUT2D eigenvalue weighted by molar-refractivity contribution is 0.0938. The molecule has 1 heterocycles. The molecule has 0 aliphatic carbocycles. The zero-order valence-electron chi connectivity index (χ0n) is 13.5. The fourth-order valence-corrected chi connectivity index (χ4v) is 2.99. The van der Waals surface area contributed by atoms with Gasteiger partial charge < -0.3 is 10.3 Å². The number of carbonyl (C=O) groups excluding carboxylic acids is 1. The number of amides is 1. The van der Waals surface area contributed by atoms with Crippen LogP contribution in [-0.4, -0.2) is 17.1 Å². The quantitative estimate of drug-likeness (QED) is 0.712. The van der Waals surface area contributed by atoms with Gasteiger partial charge in [0.2, 0.25) is 5.43 Å². The van der Waals surface area contributed by atoms with Crippen LogP contribution in [0.2, 0.25) is 0 Å². The number of hydrogen-bond acceptors (Lipinski definition) is 3. The van der Waals surface area contributed by atoms with Crippen molar-refractivity contribution in [3.05, 3.63) is 76.1 Å². The van der Waals surface area contributed by atoms with Crippen LogP contribution in [0.25, 0.3) is 10.9 Å². The van der Waals surface area contributed by atoms with Crippen molar-refractivity contribution in [3.63, 3.8) is 0 Å². The molecule has 0 radical (unpaired) electrons. The highest BCUT2D eigenvalue weighted by molar-refractivity contribution is 7.98. The van der Waals surface area contributed by atoms with Crippen LogP contribution in [0.4, 0.5) is 0 Å². The van der Waals surface area contributed by atoms with Gasteiger partial charge in [-0.15, -0.1) is 11.8 Å². The monoisotopic (exact) mass is 338 g/mol. The zero-order chi connectivity index (χ0) is 17.1. The fraction of sp³-hybridized carbons (Fsp3) is 0.158. The first-order valence-corrected chi connectivity index (χ1v) is 8.88. The van der Waals surface area contributed by atoms with Crippen LogP contribution in [0.3, 0.4) is 0 Å². The van der Waals surface area contributed by atoms with Crippen LogP contribution in [0, 0.1) is 0 Å². The second kappa shape index (κ2) is 6.93. The second-order valence-corrected chi connectivity index (χ2v) is 6.43. The minimum absolute atomic E-state index is 0.126. The van der Waals surface area contributed by atoms with Gasteiger partial charge in [0.25, 0.3) is 5.91 Å². The third-order valence-electron chi connectivity index (χ3n) is 4.00. The van der Waals surface area contributed by atoms with Crippen molar-refractivity contribution in [2.75, 3.05) is 6.26 Å². The molecule has 5 heteroatoms. The van der Waals surface area contributed by atoms with Gasteiger partial charge in [-0.1, -0.05) is 24.3 Å². The van der Waals surface area contributed by atoms with Gasteiger partial charge in [0, 0.05) is 22.0 Å². The molecule has 122 valence electrons. The summed E-state index contributed by atoms with van der Waals surface area (Å²) in [6, 6.07) is 15.0. The smallest absolute Gasteiger partial charge is 0.257 e. The molecule has 0 saturated carbocycles. The summed E-state index contributed by atoms with van der Waals surface area (Å²) in [5.41, 5.74) is 1.59. The molecule has 1 atom stereocenters. The number of pyridine rings is 1. The van der Waals surface area contributed by atoms with E-state index in [0.29, 0.717) is 5.39 Å². The van der Waals surface area contributed by atoms with Crippen molar-refractivity contribution < 1.29 is 4.79 Å². The molecule has 0 fully saturated rings. The van der Waals surface area contributed by atoms with E-state index in [-0.39, 0.29) is 22.9 Å². The average molecular weight is 338 g/mol. The van der Waals surface area contributed by atoms with Gasteiger partial charge in [-0.3, -0.25) is 9.59 Å². The lowest BCUT2D eigenvalue weighted by Gasteiger charge is -2.14. The van der Waals surface area contributed by atoms with Crippen molar-refractivity contribution in [1.82, 2.24) is 10.3 Å². The highest BCUT2D eigenvalue weighted by Crippen LogP contribution is 2.19. The van der Waals surface area contributed by atoms with Gasteiger partial charge >= 0.3 is 0 Å². The molecule has 24 heavy (non-hydrogen) atoms. The van der Waals surface area contributed by atoms with E-state index in [0.717, 1.165) is 11.1 Å². The summed E-state index contributed by atoms with van der Waals surface area (Å²) in [5.74, 6) is -0.372. The van der Waals surface area contributed by atoms with Gasteiger partial charge in [-0.2, -0.15) is 0 Å². The highest BCUT2D eigenvalue weighted by atomic mass is 32.2. The lowest BCUT2D eigenvalue weighted by atomic mass is 10.1. The molecule has 0 bridgehead atoms. The second-order valence-electron chi connectivity index (χ2n) is 5.55. The Bertz CT molecular complexity index is 932. The third kappa shape index (κ3) is 3.21. The molecule has 0 spiro atoms. The van der Waals surface area contributed by atoms with E-state index in [2.05, 4.69) is 10.3 Å². The molecule has 2 N–H and O–H groups in total. The number of rotatable bonds is 4. The number of aromatic nitrogens is 1. The molecular formula is C19H18N2O2S. The Balaban J connectivity index is 1.84. The van der Waals surface area contributed by atoms with Crippen LogP contribution in [0.5, 0.6) is 0 Å². The molecule has 1 amide bonds. The molecule has 0 aliphatic heterocycles. The Labute approximate surface area is 144 Å². The first-order valence-electron chi connectivity index (χ1n) is 7.65. The van der Waals surface area contributed by atoms with Crippen LogP contribution in [0.1, 0.15) is 28.9 Å². The van der Waals surface area contributed by atoms with E-state index in [9.17, 15) is 9.59 Å². The van der Waals surface area contributed by atoms with Crippen molar-refractivity contribution in [3.8, 4) is 0 Å². The molecule has 3 rings (SSSR count). The largest absolute Gasteiger partial charge is 0.360 e. The number of para-hydroxylation sites is 1. The SMILES string of the molecule is CSc1ccc(C(C)NC(=O)c2c[nH]c3ccccc3c2=O)cc1. The number of benzene rings is 2. The van der Waals surface area contributed by atoms with E-state index in [4.69, 9.17) is 0 Å². The summed E-state index contributed by atoms with van der Waals surface area (Å²) in [6.07, 6.45) is 3.50. The number of carbonyl (C=O) groups is 1. The summed E-state index contributed by atoms with van der Waals surface area (Å²) >= 11 is 1.67. The number of H-pyrrole nitrogens is 1. The van der Waals surface area contributed by atoms with Crippen LogP contribution in [-0.2, 0) is 0 Å². The van der Waals surface area contributed by atoms with Crippen molar-refractivity contribution in [2.24, 2.45) is 0 Å². The Morgan fingerprint density at radius 1 is 1.12 bits per heavy atom. The highest BCUT2D eigenvalue weighted by Gasteiger charge is 2.15. The topological polar surface area (TPSA) is 62.0 Å². The maximum atomic E-state index is 12.5. The summed E-state index contributed by atoms with van der Waals surface area (Å²) in [4.78, 5) is 29.1. The van der Waals surface area contributed by atoms with Gasteiger partial charge in [0.15, 0.2) is 0 Å². The number of fused-ring (bicyclic) bond motifs is 1. The Kier molecular flexibility index (Phi) is 4.71. The Morgan fingerprint density at radius 2 is 1.83 bits per heavy atom. The predicted octanol–water partition coefficient (Wildman–Crippen LogP) is 3.74. The normalized spacial score (nSPS) is 12.1. The zero-order valence-corrected chi connectivity index (χ0v) is 14.3. The van der Waals surface area contributed by atoms with Crippen molar-refractivity contribution in [1.29, 1.82) is 0 Å². The number of aromatic amines is 1. The van der Waals surface area contributed by atoms with Gasteiger partial charge in [0.05, 0.1) is 6.04 Å². The van der Waals surface area contributed by atoms with E-state index < -0.39 is 0 Å². The minimum Gasteiger partial charge on any atom is -0.360 e. The van der Waals surface area contributed by atoms with E-state index in [1.807, 2.05) is 49.6 Å². The molecule has 0 saturated heterocycles. The van der Waals surface area contributed by atoms with Gasteiger partial charge in [-0.25, -0.2) is 0 Å². The molecule has 4 nitrogen and oxygen atoms in total. The maximum absolute atomic E-state index is 12.5. The molecule has 0 aliphatic rings. The maximum Gasteiger partial charge on any atom is 0.257 e. The van der Waals surface area contributed by atoms with Crippen LogP contribution in [0.15, 0.2) is 64.4 Å². The molecule has 1 aromatic heterocycles. The lowest BCUT2D eigenvalue weighted by Crippen LogP contribution is -2.31. The molecule has 2 aromatic carbocycles. The van der Waals surface area contributed by atoms with Gasteiger partial charge in [0.1, 0.15) is 5.56 Å². The van der Waals surface area contributed by atoms with Crippen LogP contribution >= 0.6 is 11.8 Å². The minimum atomic E-state index is -0.372. The molecular weight excluding hydrogens is 320 g/mol. The van der Waals surface area contributed by atoms with Crippen molar-refractivity contribution >= 4 is 28.6 Å². The number of thioether (sulfide) groups is 1. The summed E-state index contributed by atoms with van der Waals surface area (Å²) in [7, 11) is 0. The van der Waals surface area contributed by atoms with E-state index in [1.54, 1.807) is 23.9 Å². The predicted molar refractivity (Wildman–Crippen MR) is 98.7 cm³/mol. The third-order valence-corrected chi connectivity index (χ3v) is 4.74. The summed E-state index contributed by atoms with van der Waals surface area (Å²) in [6.45, 7) is 1.90. The molecule has 3 aromatic rings. The number of nitrogens with one attached hydrogen (secondary N) is 2. The van der Waals surface area contributed by atoms with E-state index >= 15 is 0 Å². The fourth-order valence-electron chi connectivity index (χ4n) is 2.59. The molecule has 1 unspecified atom stereocenters. The number of hydrogen-bond donors (Lipinski definition) is 2. The van der Waals surface area contributed by atoms with Crippen LogP contribution < -0.4 is 10.7 Å². The van der Waals surface area contributed by atoms with Gasteiger partial charge in [-0.05, 0) is 43.0 Å². The Hall–Kier alpha value is -2.53. The first kappa shape index (κ1) is 16.3. The standard InChI is InChI=1S/C19H18N2O2S/c1-12(13-7-9-14(24-2)10-8-13)21-19(23)16-11-20-17-6-4-3-5-15(17)18(16)22/h3-12H,1-2H3,(H,20,22)(H,21,23). The summed E-state index contributed by atoms with van der Waals surface area (Å²) < 4.78 is 0. The van der Waals surface area contributed by atoms with Crippen molar-refractivity contribution in [2.45, 2.75) is 17.9 Å². The average Bonchev–Trinajstić information content (AvgIpc) is 2.62.